The number of anilines is 1. The van der Waals surface area contributed by atoms with E-state index < -0.39 is 0 Å². The van der Waals surface area contributed by atoms with Crippen LogP contribution in [0.15, 0.2) is 36.4 Å². The van der Waals surface area contributed by atoms with Crippen LogP contribution in [0.5, 0.6) is 0 Å². The van der Waals surface area contributed by atoms with Crippen molar-refractivity contribution in [3.63, 3.8) is 0 Å². The number of nitrogens with zero attached hydrogens (tertiary/aromatic N) is 1. The number of hydrogen-bond acceptors (Lipinski definition) is 2. The van der Waals surface area contributed by atoms with E-state index in [1.54, 1.807) is 24.3 Å². The largest absolute Gasteiger partial charge is 0.363 e. The van der Waals surface area contributed by atoms with Gasteiger partial charge in [0, 0.05) is 6.04 Å². The molecule has 4 heteroatoms. The zero-order valence-electron chi connectivity index (χ0n) is 9.24. The number of hydrogen-bond donors (Lipinski definition) is 1. The summed E-state index contributed by atoms with van der Waals surface area (Å²) in [7, 11) is 0. The molecule has 1 heterocycles. The summed E-state index contributed by atoms with van der Waals surface area (Å²) in [6.07, 6.45) is 0. The molecule has 0 amide bonds. The number of halogens is 2. The molecule has 0 aliphatic rings. The molecule has 0 aliphatic heterocycles. The maximum Gasteiger partial charge on any atom is 0.132 e. The summed E-state index contributed by atoms with van der Waals surface area (Å²) in [6.45, 7) is 1.97. The van der Waals surface area contributed by atoms with E-state index in [1.165, 1.54) is 12.1 Å². The average molecular weight is 250 g/mol. The second-order valence-corrected chi connectivity index (χ2v) is 4.08. The van der Waals surface area contributed by atoms with Gasteiger partial charge in [0.15, 0.2) is 0 Å². The van der Waals surface area contributed by atoms with Crippen LogP contribution in [0.4, 0.5) is 10.2 Å². The van der Waals surface area contributed by atoms with Gasteiger partial charge in [-0.2, -0.15) is 0 Å². The van der Waals surface area contributed by atoms with E-state index in [9.17, 15) is 4.39 Å². The fourth-order valence-electron chi connectivity index (χ4n) is 1.50. The molecule has 0 spiro atoms. The van der Waals surface area contributed by atoms with Gasteiger partial charge in [-0.3, -0.25) is 0 Å². The SMILES string of the molecule is CC(Nc1c[c]cc(Cl)n1)c1ccc(F)cc1. The van der Waals surface area contributed by atoms with E-state index >= 15 is 0 Å². The quantitative estimate of drug-likeness (QED) is 0.836. The maximum absolute atomic E-state index is 12.8. The standard InChI is InChI=1S/C13H11ClFN2/c1-9(10-5-7-11(15)8-6-10)16-13-4-2-3-12(14)17-13/h3-9H,1H3,(H,16,17). The van der Waals surface area contributed by atoms with Gasteiger partial charge in [0.05, 0.1) is 0 Å². The van der Waals surface area contributed by atoms with Crippen LogP contribution in [0, 0.1) is 11.9 Å². The highest BCUT2D eigenvalue weighted by Crippen LogP contribution is 2.18. The molecule has 0 fully saturated rings. The molecule has 1 N–H and O–H groups in total. The van der Waals surface area contributed by atoms with Crippen molar-refractivity contribution in [2.45, 2.75) is 13.0 Å². The number of nitrogens with one attached hydrogen (secondary N) is 1. The molecule has 1 atom stereocenters. The van der Waals surface area contributed by atoms with Crippen LogP contribution >= 0.6 is 11.6 Å². The Balaban J connectivity index is 2.11. The summed E-state index contributed by atoms with van der Waals surface area (Å²) in [5, 5.41) is 3.56. The van der Waals surface area contributed by atoms with Gasteiger partial charge >= 0.3 is 0 Å². The molecule has 0 aliphatic carbocycles. The zero-order valence-corrected chi connectivity index (χ0v) is 10.0. The van der Waals surface area contributed by atoms with Crippen LogP contribution in [0.25, 0.3) is 0 Å². The van der Waals surface area contributed by atoms with Gasteiger partial charge in [-0.15, -0.1) is 0 Å². The van der Waals surface area contributed by atoms with Crippen molar-refractivity contribution in [3.05, 3.63) is 59.0 Å². The van der Waals surface area contributed by atoms with Gasteiger partial charge < -0.3 is 5.32 Å². The molecule has 0 saturated heterocycles. The number of aromatic nitrogens is 1. The monoisotopic (exact) mass is 249 g/mol. The van der Waals surface area contributed by atoms with Crippen molar-refractivity contribution in [1.82, 2.24) is 4.98 Å². The first-order chi connectivity index (χ1) is 8.15. The highest BCUT2D eigenvalue weighted by atomic mass is 35.5. The fraction of sp³-hybridized carbons (Fsp3) is 0.154. The van der Waals surface area contributed by atoms with Crippen molar-refractivity contribution >= 4 is 17.4 Å². The predicted octanol–water partition coefficient (Wildman–Crippen LogP) is 3.85. The summed E-state index contributed by atoms with van der Waals surface area (Å²) in [4.78, 5) is 4.11. The van der Waals surface area contributed by atoms with Crippen LogP contribution in [0.2, 0.25) is 5.15 Å². The van der Waals surface area contributed by atoms with Gasteiger partial charge in [0.2, 0.25) is 0 Å². The average Bonchev–Trinajstić information content (AvgIpc) is 2.29. The molecule has 0 saturated carbocycles. The van der Waals surface area contributed by atoms with E-state index in [2.05, 4.69) is 16.4 Å². The number of benzene rings is 1. The lowest BCUT2D eigenvalue weighted by Crippen LogP contribution is -2.07. The lowest BCUT2D eigenvalue weighted by molar-refractivity contribution is 0.626. The fourth-order valence-corrected chi connectivity index (χ4v) is 1.65. The van der Waals surface area contributed by atoms with Crippen LogP contribution in [-0.4, -0.2) is 4.98 Å². The van der Waals surface area contributed by atoms with Crippen molar-refractivity contribution < 1.29 is 4.39 Å². The van der Waals surface area contributed by atoms with Gasteiger partial charge in [-0.1, -0.05) is 23.7 Å². The molecule has 87 valence electrons. The van der Waals surface area contributed by atoms with E-state index in [0.29, 0.717) is 11.0 Å². The van der Waals surface area contributed by atoms with Gasteiger partial charge in [-0.25, -0.2) is 9.37 Å². The lowest BCUT2D eigenvalue weighted by atomic mass is 10.1. The molecule has 17 heavy (non-hydrogen) atoms. The van der Waals surface area contributed by atoms with Crippen molar-refractivity contribution in [2.24, 2.45) is 0 Å². The Morgan fingerprint density at radius 2 is 2.00 bits per heavy atom. The van der Waals surface area contributed by atoms with Crippen molar-refractivity contribution in [1.29, 1.82) is 0 Å². The molecular formula is C13H11ClFN2. The van der Waals surface area contributed by atoms with Gasteiger partial charge in [0.25, 0.3) is 0 Å². The third-order valence-electron chi connectivity index (χ3n) is 2.38. The second-order valence-electron chi connectivity index (χ2n) is 3.69. The molecule has 2 rings (SSSR count). The first-order valence-electron chi connectivity index (χ1n) is 5.21. The Bertz CT molecular complexity index is 499. The molecule has 2 aromatic rings. The van der Waals surface area contributed by atoms with E-state index in [-0.39, 0.29) is 11.9 Å². The minimum Gasteiger partial charge on any atom is -0.363 e. The molecule has 1 radical (unpaired) electrons. The number of pyridine rings is 1. The third-order valence-corrected chi connectivity index (χ3v) is 2.58. The summed E-state index contributed by atoms with van der Waals surface area (Å²) in [5.74, 6) is 0.407. The van der Waals surface area contributed by atoms with Gasteiger partial charge in [0.1, 0.15) is 16.8 Å². The molecule has 0 bridgehead atoms. The molecular weight excluding hydrogens is 239 g/mol. The first-order valence-corrected chi connectivity index (χ1v) is 5.58. The Labute approximate surface area is 104 Å². The summed E-state index contributed by atoms with van der Waals surface area (Å²) >= 11 is 5.76. The van der Waals surface area contributed by atoms with Crippen LogP contribution in [0.3, 0.4) is 0 Å². The summed E-state index contributed by atoms with van der Waals surface area (Å²) < 4.78 is 12.8. The molecule has 2 nitrogen and oxygen atoms in total. The molecule has 1 unspecified atom stereocenters. The normalized spacial score (nSPS) is 12.2. The highest BCUT2D eigenvalue weighted by Gasteiger charge is 2.06. The van der Waals surface area contributed by atoms with Crippen LogP contribution < -0.4 is 5.32 Å². The van der Waals surface area contributed by atoms with Crippen LogP contribution in [-0.2, 0) is 0 Å². The first kappa shape index (κ1) is 11.9. The van der Waals surface area contributed by atoms with E-state index in [0.717, 1.165) is 5.56 Å². The number of rotatable bonds is 3. The summed E-state index contributed by atoms with van der Waals surface area (Å²) in [6, 6.07) is 12.6. The van der Waals surface area contributed by atoms with Crippen molar-refractivity contribution in [3.8, 4) is 0 Å². The van der Waals surface area contributed by atoms with Gasteiger partial charge in [-0.05, 0) is 42.8 Å². The Kier molecular flexibility index (Phi) is 3.59. The summed E-state index contributed by atoms with van der Waals surface area (Å²) in [5.41, 5.74) is 0.980. The Hall–Kier alpha value is -1.61. The molecule has 1 aromatic carbocycles. The third kappa shape index (κ3) is 3.17. The van der Waals surface area contributed by atoms with Crippen LogP contribution in [0.1, 0.15) is 18.5 Å². The smallest absolute Gasteiger partial charge is 0.132 e. The topological polar surface area (TPSA) is 24.9 Å². The minimum atomic E-state index is -0.241. The Morgan fingerprint density at radius 1 is 1.29 bits per heavy atom. The lowest BCUT2D eigenvalue weighted by Gasteiger charge is -2.14. The van der Waals surface area contributed by atoms with Crippen molar-refractivity contribution in [2.75, 3.05) is 5.32 Å². The minimum absolute atomic E-state index is 0.0231. The maximum atomic E-state index is 12.8. The zero-order chi connectivity index (χ0) is 12.3. The predicted molar refractivity (Wildman–Crippen MR) is 66.5 cm³/mol. The second kappa shape index (κ2) is 5.15. The molecule has 1 aromatic heterocycles. The highest BCUT2D eigenvalue weighted by molar-refractivity contribution is 6.29. The van der Waals surface area contributed by atoms with E-state index in [1.807, 2.05) is 6.92 Å². The Morgan fingerprint density at radius 3 is 2.65 bits per heavy atom. The van der Waals surface area contributed by atoms with E-state index in [4.69, 9.17) is 11.6 Å².